The molecule has 0 unspecified atom stereocenters. The predicted octanol–water partition coefficient (Wildman–Crippen LogP) is 3.91. The molecular weight excluding hydrogens is 259 g/mol. The lowest BCUT2D eigenvalue weighted by Crippen LogP contribution is -2.06. The number of nitrogens with two attached hydrogens (primary N) is 1. The van der Waals surface area contributed by atoms with Crippen molar-refractivity contribution < 1.29 is 13.2 Å². The van der Waals surface area contributed by atoms with E-state index in [1.54, 1.807) is 12.1 Å². The van der Waals surface area contributed by atoms with Gasteiger partial charge in [-0.15, -0.1) is 19.0 Å². The standard InChI is InChI=1S/C10H10F3NS.ClH/c1-2-9(14)7-3-5-8(6-4-7)15-10(11,12)13;/h2-6,9H,1,14H2;1H/t9-;/m0./s1. The first-order valence-corrected chi connectivity index (χ1v) is 4.98. The fourth-order valence-electron chi connectivity index (χ4n) is 1.03. The van der Waals surface area contributed by atoms with Gasteiger partial charge in [0.05, 0.1) is 0 Å². The van der Waals surface area contributed by atoms with Gasteiger partial charge < -0.3 is 5.73 Å². The van der Waals surface area contributed by atoms with E-state index in [1.165, 1.54) is 18.2 Å². The first kappa shape index (κ1) is 15.3. The van der Waals surface area contributed by atoms with Crippen LogP contribution in [-0.4, -0.2) is 5.51 Å². The Morgan fingerprint density at radius 2 is 1.75 bits per heavy atom. The average molecular weight is 270 g/mol. The van der Waals surface area contributed by atoms with Crippen molar-refractivity contribution >= 4 is 24.2 Å². The molecule has 2 N–H and O–H groups in total. The SMILES string of the molecule is C=C[C@H](N)c1ccc(SC(F)(F)F)cc1.Cl. The molecule has 0 fully saturated rings. The Hall–Kier alpha value is -0.650. The van der Waals surface area contributed by atoms with Crippen LogP contribution in [0.2, 0.25) is 0 Å². The van der Waals surface area contributed by atoms with Crippen LogP contribution in [-0.2, 0) is 0 Å². The summed E-state index contributed by atoms with van der Waals surface area (Å²) in [6.45, 7) is 3.51. The highest BCUT2D eigenvalue weighted by Crippen LogP contribution is 2.36. The Kier molecular flexibility index (Phi) is 5.92. The Morgan fingerprint density at radius 3 is 2.12 bits per heavy atom. The van der Waals surface area contributed by atoms with Crippen molar-refractivity contribution in [3.05, 3.63) is 42.5 Å². The van der Waals surface area contributed by atoms with Crippen molar-refractivity contribution in [3.8, 4) is 0 Å². The summed E-state index contributed by atoms with van der Waals surface area (Å²) in [4.78, 5) is 0.155. The van der Waals surface area contributed by atoms with Crippen LogP contribution < -0.4 is 5.73 Å². The van der Waals surface area contributed by atoms with Crippen molar-refractivity contribution in [2.75, 3.05) is 0 Å². The topological polar surface area (TPSA) is 26.0 Å². The summed E-state index contributed by atoms with van der Waals surface area (Å²) in [5.74, 6) is 0. The Morgan fingerprint density at radius 1 is 1.25 bits per heavy atom. The minimum absolute atomic E-state index is 0. The second-order valence-corrected chi connectivity index (χ2v) is 4.02. The number of thioether (sulfide) groups is 1. The zero-order chi connectivity index (χ0) is 11.5. The van der Waals surface area contributed by atoms with Gasteiger partial charge in [0.25, 0.3) is 0 Å². The first-order valence-electron chi connectivity index (χ1n) is 4.16. The minimum Gasteiger partial charge on any atom is -0.321 e. The molecule has 0 saturated carbocycles. The maximum Gasteiger partial charge on any atom is 0.446 e. The van der Waals surface area contributed by atoms with E-state index < -0.39 is 5.51 Å². The van der Waals surface area contributed by atoms with Crippen LogP contribution in [0.15, 0.2) is 41.8 Å². The van der Waals surface area contributed by atoms with Gasteiger partial charge in [0, 0.05) is 10.9 Å². The summed E-state index contributed by atoms with van der Waals surface area (Å²) in [5.41, 5.74) is 2.12. The van der Waals surface area contributed by atoms with Crippen LogP contribution in [0.3, 0.4) is 0 Å². The maximum absolute atomic E-state index is 12.0. The average Bonchev–Trinajstić information content (AvgIpc) is 2.15. The lowest BCUT2D eigenvalue weighted by molar-refractivity contribution is -0.0328. The van der Waals surface area contributed by atoms with E-state index >= 15 is 0 Å². The monoisotopic (exact) mass is 269 g/mol. The molecule has 6 heteroatoms. The molecule has 16 heavy (non-hydrogen) atoms. The maximum atomic E-state index is 12.0. The van der Waals surface area contributed by atoms with Crippen LogP contribution in [0.25, 0.3) is 0 Å². The second-order valence-electron chi connectivity index (χ2n) is 2.88. The zero-order valence-corrected chi connectivity index (χ0v) is 9.83. The summed E-state index contributed by atoms with van der Waals surface area (Å²) in [7, 11) is 0. The Bertz CT molecular complexity index is 337. The van der Waals surface area contributed by atoms with Crippen LogP contribution >= 0.6 is 24.2 Å². The molecule has 0 aliphatic heterocycles. The number of halogens is 4. The van der Waals surface area contributed by atoms with Crippen LogP contribution in [0.1, 0.15) is 11.6 Å². The van der Waals surface area contributed by atoms with Crippen LogP contribution in [0.5, 0.6) is 0 Å². The normalized spacial score (nSPS) is 12.8. The van der Waals surface area contributed by atoms with Crippen LogP contribution in [0, 0.1) is 0 Å². The first-order chi connectivity index (χ1) is 6.92. The summed E-state index contributed by atoms with van der Waals surface area (Å²) < 4.78 is 36.0. The molecule has 0 saturated heterocycles. The van der Waals surface area contributed by atoms with Gasteiger partial charge in [-0.3, -0.25) is 0 Å². The zero-order valence-electron chi connectivity index (χ0n) is 8.20. The molecule has 0 aliphatic rings. The van der Waals surface area contributed by atoms with Crippen molar-refractivity contribution in [1.82, 2.24) is 0 Å². The molecule has 0 heterocycles. The molecule has 1 rings (SSSR count). The van der Waals surface area contributed by atoms with Crippen molar-refractivity contribution in [2.24, 2.45) is 5.73 Å². The third-order valence-electron chi connectivity index (χ3n) is 1.75. The third kappa shape index (κ3) is 4.92. The molecule has 1 aromatic rings. The largest absolute Gasteiger partial charge is 0.446 e. The van der Waals surface area contributed by atoms with Crippen molar-refractivity contribution in [3.63, 3.8) is 0 Å². The number of hydrogen-bond donors (Lipinski definition) is 1. The molecule has 0 amide bonds. The molecule has 1 atom stereocenters. The van der Waals surface area contributed by atoms with Gasteiger partial charge >= 0.3 is 5.51 Å². The van der Waals surface area contributed by atoms with Gasteiger partial charge in [0.1, 0.15) is 0 Å². The molecule has 1 nitrogen and oxygen atoms in total. The van der Waals surface area contributed by atoms with E-state index in [9.17, 15) is 13.2 Å². The fourth-order valence-corrected chi connectivity index (χ4v) is 1.57. The van der Waals surface area contributed by atoms with Gasteiger partial charge in [-0.1, -0.05) is 18.2 Å². The third-order valence-corrected chi connectivity index (χ3v) is 2.49. The number of rotatable bonds is 3. The van der Waals surface area contributed by atoms with Gasteiger partial charge in [0.2, 0.25) is 0 Å². The van der Waals surface area contributed by atoms with Gasteiger partial charge in [-0.2, -0.15) is 13.2 Å². The Balaban J connectivity index is 0.00000225. The van der Waals surface area contributed by atoms with Gasteiger partial charge in [-0.25, -0.2) is 0 Å². The smallest absolute Gasteiger partial charge is 0.321 e. The fraction of sp³-hybridized carbons (Fsp3) is 0.200. The molecule has 0 aromatic heterocycles. The summed E-state index contributed by atoms with van der Waals surface area (Å²) in [5, 5.41) is 0. The summed E-state index contributed by atoms with van der Waals surface area (Å²) in [6.07, 6.45) is 1.53. The molecule has 0 bridgehead atoms. The number of benzene rings is 1. The number of alkyl halides is 3. The molecule has 0 radical (unpaired) electrons. The molecular formula is C10H11ClF3NS. The lowest BCUT2D eigenvalue weighted by atomic mass is 10.1. The molecule has 0 spiro atoms. The van der Waals surface area contributed by atoms with Gasteiger partial charge in [-0.05, 0) is 29.5 Å². The van der Waals surface area contributed by atoms with E-state index in [0.717, 1.165) is 5.56 Å². The van der Waals surface area contributed by atoms with E-state index in [1.807, 2.05) is 0 Å². The predicted molar refractivity (Wildman–Crippen MR) is 62.7 cm³/mol. The van der Waals surface area contributed by atoms with E-state index in [-0.39, 0.29) is 35.1 Å². The molecule has 0 aliphatic carbocycles. The number of hydrogen-bond acceptors (Lipinski definition) is 2. The molecule has 90 valence electrons. The van der Waals surface area contributed by atoms with Crippen molar-refractivity contribution in [1.29, 1.82) is 0 Å². The van der Waals surface area contributed by atoms with Crippen LogP contribution in [0.4, 0.5) is 13.2 Å². The minimum atomic E-state index is -4.25. The second kappa shape index (κ2) is 6.18. The molecule has 1 aromatic carbocycles. The van der Waals surface area contributed by atoms with Crippen molar-refractivity contribution in [2.45, 2.75) is 16.4 Å². The van der Waals surface area contributed by atoms with Gasteiger partial charge in [0.15, 0.2) is 0 Å². The highest BCUT2D eigenvalue weighted by Gasteiger charge is 2.28. The highest BCUT2D eigenvalue weighted by atomic mass is 35.5. The van der Waals surface area contributed by atoms with E-state index in [4.69, 9.17) is 5.73 Å². The lowest BCUT2D eigenvalue weighted by Gasteiger charge is -2.08. The van der Waals surface area contributed by atoms with E-state index in [2.05, 4.69) is 6.58 Å². The highest BCUT2D eigenvalue weighted by molar-refractivity contribution is 8.00. The summed E-state index contributed by atoms with van der Waals surface area (Å²) in [6, 6.07) is 5.60. The quantitative estimate of drug-likeness (QED) is 0.665. The Labute approximate surface area is 102 Å². The van der Waals surface area contributed by atoms with E-state index in [0.29, 0.717) is 0 Å². The summed E-state index contributed by atoms with van der Waals surface area (Å²) >= 11 is -0.138.